The molecule has 3 aromatic rings. The SMILES string of the molecule is CCC(=O)N1C[C@H](S(=O)(=O)c2ccccc2)C[C@H]1C(=O)NC(CC)C(O)c1nc2ccccc2o1. The van der Waals surface area contributed by atoms with Crippen LogP contribution >= 0.6 is 0 Å². The number of hydrogen-bond acceptors (Lipinski definition) is 7. The maximum absolute atomic E-state index is 13.3. The van der Waals surface area contributed by atoms with Crippen molar-refractivity contribution in [2.24, 2.45) is 0 Å². The molecule has 2 heterocycles. The average molecular weight is 500 g/mol. The number of sulfone groups is 1. The van der Waals surface area contributed by atoms with Crippen molar-refractivity contribution in [1.29, 1.82) is 0 Å². The van der Waals surface area contributed by atoms with Crippen LogP contribution in [0.4, 0.5) is 0 Å². The van der Waals surface area contributed by atoms with Crippen molar-refractivity contribution in [2.75, 3.05) is 6.54 Å². The summed E-state index contributed by atoms with van der Waals surface area (Å²) >= 11 is 0. The van der Waals surface area contributed by atoms with Crippen molar-refractivity contribution < 1.29 is 27.5 Å². The Kier molecular flexibility index (Phi) is 7.23. The lowest BCUT2D eigenvalue weighted by Gasteiger charge is -2.27. The molecule has 1 aliphatic rings. The van der Waals surface area contributed by atoms with Crippen LogP contribution in [0.5, 0.6) is 0 Å². The van der Waals surface area contributed by atoms with Crippen LogP contribution in [0.15, 0.2) is 63.9 Å². The summed E-state index contributed by atoms with van der Waals surface area (Å²) < 4.78 is 32.0. The highest BCUT2D eigenvalue weighted by Crippen LogP contribution is 2.30. The molecule has 0 saturated carbocycles. The fourth-order valence-electron chi connectivity index (χ4n) is 4.42. The van der Waals surface area contributed by atoms with Gasteiger partial charge in [0.25, 0.3) is 0 Å². The number of fused-ring (bicyclic) bond motifs is 1. The summed E-state index contributed by atoms with van der Waals surface area (Å²) in [4.78, 5) is 31.7. The number of nitrogens with one attached hydrogen (secondary N) is 1. The first-order valence-corrected chi connectivity index (χ1v) is 13.2. The molecular weight excluding hydrogens is 470 g/mol. The highest BCUT2D eigenvalue weighted by atomic mass is 32.2. The van der Waals surface area contributed by atoms with Crippen molar-refractivity contribution in [3.05, 3.63) is 60.5 Å². The van der Waals surface area contributed by atoms with Crippen molar-refractivity contribution in [3.63, 3.8) is 0 Å². The molecule has 1 fully saturated rings. The van der Waals surface area contributed by atoms with Crippen molar-refractivity contribution in [1.82, 2.24) is 15.2 Å². The predicted molar refractivity (Wildman–Crippen MR) is 129 cm³/mol. The van der Waals surface area contributed by atoms with Crippen LogP contribution in [-0.2, 0) is 19.4 Å². The lowest BCUT2D eigenvalue weighted by atomic mass is 10.1. The Morgan fingerprint density at radius 2 is 1.83 bits per heavy atom. The zero-order chi connectivity index (χ0) is 25.2. The molecule has 0 spiro atoms. The van der Waals surface area contributed by atoms with E-state index in [0.29, 0.717) is 17.5 Å². The second kappa shape index (κ2) is 10.2. The molecule has 1 aliphatic heterocycles. The van der Waals surface area contributed by atoms with E-state index < -0.39 is 39.2 Å². The quantitative estimate of drug-likeness (QED) is 0.487. The van der Waals surface area contributed by atoms with Gasteiger partial charge in [-0.1, -0.05) is 44.2 Å². The van der Waals surface area contributed by atoms with Gasteiger partial charge < -0.3 is 19.7 Å². The van der Waals surface area contributed by atoms with Crippen LogP contribution in [0.2, 0.25) is 0 Å². The Hall–Kier alpha value is -3.24. The van der Waals surface area contributed by atoms with Crippen molar-refractivity contribution >= 4 is 32.8 Å². The number of benzene rings is 2. The number of carbonyl (C=O) groups excluding carboxylic acids is 2. The van der Waals surface area contributed by atoms with Crippen molar-refractivity contribution in [2.45, 2.75) is 61.4 Å². The molecule has 4 atom stereocenters. The van der Waals surface area contributed by atoms with Gasteiger partial charge in [0.15, 0.2) is 21.5 Å². The molecule has 0 bridgehead atoms. The molecule has 10 heteroatoms. The number of aliphatic hydroxyl groups is 1. The molecule has 2 aromatic carbocycles. The van der Waals surface area contributed by atoms with Crippen LogP contribution in [0, 0.1) is 0 Å². The number of aliphatic hydroxyl groups excluding tert-OH is 1. The summed E-state index contributed by atoms with van der Waals surface area (Å²) in [6.45, 7) is 3.40. The number of nitrogens with zero attached hydrogens (tertiary/aromatic N) is 2. The number of amides is 2. The van der Waals surface area contributed by atoms with Gasteiger partial charge in [0, 0.05) is 13.0 Å². The molecular formula is C25H29N3O6S. The van der Waals surface area contributed by atoms with Crippen LogP contribution in [0.1, 0.15) is 45.1 Å². The lowest BCUT2D eigenvalue weighted by molar-refractivity contribution is -0.138. The molecule has 2 unspecified atom stereocenters. The summed E-state index contributed by atoms with van der Waals surface area (Å²) in [6.07, 6.45) is -0.724. The fraction of sp³-hybridized carbons (Fsp3) is 0.400. The molecule has 0 radical (unpaired) electrons. The van der Waals surface area contributed by atoms with Gasteiger partial charge in [-0.25, -0.2) is 13.4 Å². The normalized spacial score (nSPS) is 20.0. The molecule has 0 aliphatic carbocycles. The summed E-state index contributed by atoms with van der Waals surface area (Å²) in [7, 11) is -3.74. The largest absolute Gasteiger partial charge is 0.438 e. The monoisotopic (exact) mass is 499 g/mol. The topological polar surface area (TPSA) is 130 Å². The van der Waals surface area contributed by atoms with Gasteiger partial charge in [-0.2, -0.15) is 0 Å². The van der Waals surface area contributed by atoms with Gasteiger partial charge in [-0.05, 0) is 37.1 Å². The first-order valence-electron chi connectivity index (χ1n) is 11.7. The second-order valence-corrected chi connectivity index (χ2v) is 10.8. The number of hydrogen-bond donors (Lipinski definition) is 2. The van der Waals surface area contributed by atoms with Gasteiger partial charge >= 0.3 is 0 Å². The van der Waals surface area contributed by atoms with Crippen molar-refractivity contribution in [3.8, 4) is 0 Å². The van der Waals surface area contributed by atoms with E-state index in [2.05, 4.69) is 10.3 Å². The van der Waals surface area contributed by atoms with Gasteiger partial charge in [0.1, 0.15) is 11.6 Å². The van der Waals surface area contributed by atoms with E-state index in [1.165, 1.54) is 17.0 Å². The number of oxazole rings is 1. The number of para-hydroxylation sites is 2. The Labute approximate surface area is 204 Å². The van der Waals surface area contributed by atoms with Crippen LogP contribution < -0.4 is 5.32 Å². The minimum atomic E-state index is -3.74. The minimum Gasteiger partial charge on any atom is -0.438 e. The molecule has 1 saturated heterocycles. The van der Waals surface area contributed by atoms with E-state index in [9.17, 15) is 23.1 Å². The highest BCUT2D eigenvalue weighted by molar-refractivity contribution is 7.92. The van der Waals surface area contributed by atoms with E-state index in [0.717, 1.165) is 0 Å². The maximum atomic E-state index is 13.3. The summed E-state index contributed by atoms with van der Waals surface area (Å²) in [6, 6.07) is 13.4. The standard InChI is InChI=1S/C25H29N3O6S/c1-3-18(23(30)25-27-19-12-8-9-13-21(19)34-25)26-24(31)20-14-17(15-28(20)22(29)4-2)35(32,33)16-10-6-5-7-11-16/h5-13,17-18,20,23,30H,3-4,14-15H2,1-2H3,(H,26,31)/t17-,18?,20+,23?/m1/s1. The van der Waals surface area contributed by atoms with E-state index in [1.807, 2.05) is 0 Å². The molecule has 186 valence electrons. The fourth-order valence-corrected chi connectivity index (χ4v) is 6.14. The Morgan fingerprint density at radius 3 is 2.49 bits per heavy atom. The van der Waals surface area contributed by atoms with Gasteiger partial charge in [-0.3, -0.25) is 9.59 Å². The third-order valence-electron chi connectivity index (χ3n) is 6.41. The number of rotatable bonds is 8. The summed E-state index contributed by atoms with van der Waals surface area (Å²) in [5, 5.41) is 12.8. The van der Waals surface area contributed by atoms with E-state index in [1.54, 1.807) is 56.3 Å². The number of carbonyl (C=O) groups is 2. The lowest BCUT2D eigenvalue weighted by Crippen LogP contribution is -2.50. The molecule has 2 amide bonds. The van der Waals surface area contributed by atoms with Gasteiger partial charge in [0.2, 0.25) is 17.7 Å². The molecule has 9 nitrogen and oxygen atoms in total. The smallest absolute Gasteiger partial charge is 0.243 e. The Balaban J connectivity index is 1.54. The first kappa shape index (κ1) is 24.9. The van der Waals surface area contributed by atoms with E-state index >= 15 is 0 Å². The molecule has 4 rings (SSSR count). The van der Waals surface area contributed by atoms with Gasteiger partial charge in [-0.15, -0.1) is 0 Å². The third kappa shape index (κ3) is 4.94. The van der Waals surface area contributed by atoms with Gasteiger partial charge in [0.05, 0.1) is 16.2 Å². The Morgan fingerprint density at radius 1 is 1.14 bits per heavy atom. The summed E-state index contributed by atoms with van der Waals surface area (Å²) in [5.41, 5.74) is 1.11. The Bertz CT molecular complexity index is 1270. The number of aromatic nitrogens is 1. The zero-order valence-corrected chi connectivity index (χ0v) is 20.4. The number of likely N-dealkylation sites (tertiary alicyclic amines) is 1. The maximum Gasteiger partial charge on any atom is 0.243 e. The molecule has 2 N–H and O–H groups in total. The van der Waals surface area contributed by atoms with E-state index in [4.69, 9.17) is 4.42 Å². The van der Waals surface area contributed by atoms with Crippen LogP contribution in [0.3, 0.4) is 0 Å². The molecule has 1 aromatic heterocycles. The summed E-state index contributed by atoms with van der Waals surface area (Å²) in [5.74, 6) is -0.737. The molecule has 35 heavy (non-hydrogen) atoms. The van der Waals surface area contributed by atoms with Crippen LogP contribution in [0.25, 0.3) is 11.1 Å². The third-order valence-corrected chi connectivity index (χ3v) is 8.56. The first-order chi connectivity index (χ1) is 16.8. The zero-order valence-electron chi connectivity index (χ0n) is 19.6. The van der Waals surface area contributed by atoms with E-state index in [-0.39, 0.29) is 36.1 Å². The van der Waals surface area contributed by atoms with Crippen LogP contribution in [-0.4, -0.2) is 59.1 Å². The minimum absolute atomic E-state index is 0.0236. The second-order valence-electron chi connectivity index (χ2n) is 8.62. The highest BCUT2D eigenvalue weighted by Gasteiger charge is 2.45. The predicted octanol–water partition coefficient (Wildman–Crippen LogP) is 2.61. The average Bonchev–Trinajstić information content (AvgIpc) is 3.52.